The van der Waals surface area contributed by atoms with Crippen LogP contribution in [-0.2, 0) is 6.54 Å². The van der Waals surface area contributed by atoms with E-state index >= 15 is 0 Å². The van der Waals surface area contributed by atoms with Gasteiger partial charge < -0.3 is 9.42 Å². The van der Waals surface area contributed by atoms with E-state index in [0.29, 0.717) is 28.2 Å². The monoisotopic (exact) mass is 313 g/mol. The lowest BCUT2D eigenvalue weighted by Gasteiger charge is -2.18. The summed E-state index contributed by atoms with van der Waals surface area (Å²) in [7, 11) is 1.65. The van der Waals surface area contributed by atoms with Gasteiger partial charge in [0.1, 0.15) is 5.76 Å². The third-order valence-electron chi connectivity index (χ3n) is 2.65. The third-order valence-corrected chi connectivity index (χ3v) is 3.51. The Morgan fingerprint density at radius 1 is 1.45 bits per heavy atom. The molecule has 20 heavy (non-hydrogen) atoms. The van der Waals surface area contributed by atoms with Crippen LogP contribution < -0.4 is 5.32 Å². The predicted octanol–water partition coefficient (Wildman–Crippen LogP) is 3.95. The number of hydrogen-bond acceptors (Lipinski definition) is 3. The highest BCUT2D eigenvalue weighted by Gasteiger charge is 2.13. The van der Waals surface area contributed by atoms with Crippen molar-refractivity contribution in [1.82, 2.24) is 10.1 Å². The van der Waals surface area contributed by atoms with Gasteiger partial charge in [0.2, 0.25) is 0 Å². The number of aryl methyl sites for hydroxylation is 1. The van der Waals surface area contributed by atoms with Crippen molar-refractivity contribution < 1.29 is 9.32 Å². The predicted molar refractivity (Wildman–Crippen MR) is 78.2 cm³/mol. The second-order valence-electron chi connectivity index (χ2n) is 4.32. The quantitative estimate of drug-likeness (QED) is 0.933. The molecule has 0 unspecified atom stereocenters. The molecule has 2 aromatic rings. The Hall–Kier alpha value is -1.72. The minimum Gasteiger partial charge on any atom is -0.360 e. The second kappa shape index (κ2) is 6.15. The first-order valence-electron chi connectivity index (χ1n) is 5.85. The fraction of sp³-hybridized carbons (Fsp3) is 0.231. The molecule has 2 amide bonds. The summed E-state index contributed by atoms with van der Waals surface area (Å²) in [5.41, 5.74) is 0.771. The molecule has 0 aliphatic heterocycles. The van der Waals surface area contributed by atoms with Crippen molar-refractivity contribution in [2.45, 2.75) is 13.5 Å². The zero-order chi connectivity index (χ0) is 14.7. The number of rotatable bonds is 3. The zero-order valence-electron chi connectivity index (χ0n) is 11.0. The maximum atomic E-state index is 12.0. The van der Waals surface area contributed by atoms with Crippen LogP contribution in [0.25, 0.3) is 0 Å². The number of aromatic nitrogens is 1. The molecule has 5 nitrogen and oxygen atoms in total. The Labute approximate surface area is 126 Å². The van der Waals surface area contributed by atoms with Crippen LogP contribution in [0, 0.1) is 6.92 Å². The van der Waals surface area contributed by atoms with Crippen molar-refractivity contribution in [1.29, 1.82) is 0 Å². The first kappa shape index (κ1) is 14.7. The van der Waals surface area contributed by atoms with Crippen LogP contribution in [0.5, 0.6) is 0 Å². The number of nitrogens with one attached hydrogen (secondary N) is 1. The van der Waals surface area contributed by atoms with Crippen molar-refractivity contribution in [2.75, 3.05) is 12.4 Å². The summed E-state index contributed by atoms with van der Waals surface area (Å²) in [5, 5.41) is 7.23. The fourth-order valence-corrected chi connectivity index (χ4v) is 2.01. The molecule has 2 rings (SSSR count). The van der Waals surface area contributed by atoms with E-state index in [-0.39, 0.29) is 6.03 Å². The Balaban J connectivity index is 2.02. The summed E-state index contributed by atoms with van der Waals surface area (Å²) in [4.78, 5) is 13.5. The van der Waals surface area contributed by atoms with E-state index in [4.69, 9.17) is 27.7 Å². The molecule has 1 N–H and O–H groups in total. The molecule has 0 bridgehead atoms. The summed E-state index contributed by atoms with van der Waals surface area (Å²) in [6, 6.07) is 6.63. The zero-order valence-corrected chi connectivity index (χ0v) is 12.5. The SMILES string of the molecule is Cc1cc(NC(=O)N(C)Cc2cccc(Cl)c2Cl)no1. The Bertz CT molecular complexity index is 628. The van der Waals surface area contributed by atoms with Crippen LogP contribution in [0.15, 0.2) is 28.8 Å². The van der Waals surface area contributed by atoms with E-state index in [1.807, 2.05) is 6.07 Å². The van der Waals surface area contributed by atoms with Crippen molar-refractivity contribution >= 4 is 35.1 Å². The van der Waals surface area contributed by atoms with E-state index in [9.17, 15) is 4.79 Å². The minimum absolute atomic E-state index is 0.311. The molecule has 0 spiro atoms. The number of halogens is 2. The summed E-state index contributed by atoms with van der Waals surface area (Å²) >= 11 is 12.0. The molecule has 0 atom stereocenters. The van der Waals surface area contributed by atoms with Gasteiger partial charge in [-0.2, -0.15) is 0 Å². The van der Waals surface area contributed by atoms with Crippen LogP contribution in [0.4, 0.5) is 10.6 Å². The normalized spacial score (nSPS) is 10.4. The van der Waals surface area contributed by atoms with Crippen LogP contribution in [0.1, 0.15) is 11.3 Å². The van der Waals surface area contributed by atoms with Gasteiger partial charge in [0.25, 0.3) is 0 Å². The van der Waals surface area contributed by atoms with Crippen molar-refractivity contribution in [3.8, 4) is 0 Å². The Morgan fingerprint density at radius 3 is 2.85 bits per heavy atom. The van der Waals surface area contributed by atoms with E-state index in [1.165, 1.54) is 4.90 Å². The van der Waals surface area contributed by atoms with Gasteiger partial charge in [0.15, 0.2) is 5.82 Å². The Kier molecular flexibility index (Phi) is 4.52. The van der Waals surface area contributed by atoms with Gasteiger partial charge in [-0.1, -0.05) is 40.5 Å². The molecular formula is C13H13Cl2N3O2. The average molecular weight is 314 g/mol. The second-order valence-corrected chi connectivity index (χ2v) is 5.11. The molecule has 0 saturated carbocycles. The van der Waals surface area contributed by atoms with E-state index in [1.54, 1.807) is 32.2 Å². The number of carbonyl (C=O) groups is 1. The van der Waals surface area contributed by atoms with Crippen molar-refractivity contribution in [3.63, 3.8) is 0 Å². The average Bonchev–Trinajstić information content (AvgIpc) is 2.80. The van der Waals surface area contributed by atoms with Crippen molar-refractivity contribution in [3.05, 3.63) is 45.6 Å². The molecule has 1 heterocycles. The molecule has 0 aliphatic carbocycles. The molecule has 106 valence electrons. The molecule has 1 aromatic carbocycles. The highest BCUT2D eigenvalue weighted by Crippen LogP contribution is 2.26. The smallest absolute Gasteiger partial charge is 0.323 e. The van der Waals surface area contributed by atoms with E-state index < -0.39 is 0 Å². The molecule has 0 saturated heterocycles. The van der Waals surface area contributed by atoms with Crippen LogP contribution >= 0.6 is 23.2 Å². The van der Waals surface area contributed by atoms with Crippen molar-refractivity contribution in [2.24, 2.45) is 0 Å². The number of anilines is 1. The summed E-state index contributed by atoms with van der Waals surface area (Å²) in [6.45, 7) is 2.08. The van der Waals surface area contributed by atoms with Gasteiger partial charge in [0, 0.05) is 19.7 Å². The first-order chi connectivity index (χ1) is 9.47. The number of amides is 2. The van der Waals surface area contributed by atoms with Crippen LogP contribution in [0.3, 0.4) is 0 Å². The first-order valence-corrected chi connectivity index (χ1v) is 6.61. The van der Waals surface area contributed by atoms with Gasteiger partial charge >= 0.3 is 6.03 Å². The number of urea groups is 1. The minimum atomic E-state index is -0.311. The lowest BCUT2D eigenvalue weighted by atomic mass is 10.2. The highest BCUT2D eigenvalue weighted by molar-refractivity contribution is 6.42. The van der Waals surface area contributed by atoms with Gasteiger partial charge in [-0.05, 0) is 18.6 Å². The summed E-state index contributed by atoms with van der Waals surface area (Å²) in [5.74, 6) is 0.998. The maximum absolute atomic E-state index is 12.0. The Morgan fingerprint density at radius 2 is 2.20 bits per heavy atom. The van der Waals surface area contributed by atoms with Crippen LogP contribution in [0.2, 0.25) is 10.0 Å². The third kappa shape index (κ3) is 3.43. The van der Waals surface area contributed by atoms with Gasteiger partial charge in [-0.25, -0.2) is 4.79 Å². The number of benzene rings is 1. The standard InChI is InChI=1S/C13H13Cl2N3O2/c1-8-6-11(17-20-8)16-13(19)18(2)7-9-4-3-5-10(14)12(9)15/h3-6H,7H2,1-2H3,(H,16,17,19). The molecule has 7 heteroatoms. The summed E-state index contributed by atoms with van der Waals surface area (Å²) < 4.78 is 4.88. The summed E-state index contributed by atoms with van der Waals surface area (Å²) in [6.07, 6.45) is 0. The van der Waals surface area contributed by atoms with Gasteiger partial charge in [0.05, 0.1) is 10.0 Å². The fourth-order valence-electron chi connectivity index (χ4n) is 1.63. The molecule has 0 aliphatic rings. The van der Waals surface area contributed by atoms with E-state index in [2.05, 4.69) is 10.5 Å². The van der Waals surface area contributed by atoms with E-state index in [0.717, 1.165) is 5.56 Å². The molecular weight excluding hydrogens is 301 g/mol. The molecule has 1 aromatic heterocycles. The lowest BCUT2D eigenvalue weighted by molar-refractivity contribution is 0.220. The lowest BCUT2D eigenvalue weighted by Crippen LogP contribution is -2.31. The van der Waals surface area contributed by atoms with Crippen LogP contribution in [-0.4, -0.2) is 23.1 Å². The highest BCUT2D eigenvalue weighted by atomic mass is 35.5. The number of hydrogen-bond donors (Lipinski definition) is 1. The largest absolute Gasteiger partial charge is 0.360 e. The number of nitrogens with zero attached hydrogens (tertiary/aromatic N) is 2. The van der Waals surface area contributed by atoms with Gasteiger partial charge in [-0.3, -0.25) is 5.32 Å². The molecule has 0 fully saturated rings. The van der Waals surface area contributed by atoms with Gasteiger partial charge in [-0.15, -0.1) is 0 Å². The number of carbonyl (C=O) groups excluding carboxylic acids is 1. The topological polar surface area (TPSA) is 58.4 Å². The molecule has 0 radical (unpaired) electrons. The maximum Gasteiger partial charge on any atom is 0.323 e.